The normalized spacial score (nSPS) is 11.6. The molecule has 0 aliphatic heterocycles. The Balaban J connectivity index is 0.932. The fraction of sp³-hybridized carbons (Fsp3) is 0.224. The van der Waals surface area contributed by atoms with Crippen molar-refractivity contribution in [1.82, 2.24) is 39.5 Å². The molecule has 10 aromatic carbocycles. The standard InChI is InChI=1S/C98H94N8O8/c1-103(63-81-33-25-67-55-85(107-5)37-41-89(67)99-81)59-71-51-77(29-45-93(71)111-9)97(75-21-15-13-16-22-75,78-30-46-94(112-10)72(52-78)60-104(2)64-82-34-26-68-56-86(108-6)38-42-90(68)100-82)49-19-20-50-98(76-23-17-14-18-24-76,79-31-47-95(113-11)73(53-79)61-105(3)65-83-35-27-69-57-87(109-7)39-43-91(69)101-83)80-32-48-96(114-12)74(54-80)62-106(4)66-84-36-28-70-58-88(110-8)40-44-92(70)102-84/h13-18,21-48,51-58H,59-66H2,1-12H3. The van der Waals surface area contributed by atoms with Crippen LogP contribution in [0.25, 0.3) is 43.6 Å². The van der Waals surface area contributed by atoms with Gasteiger partial charge in [-0.2, -0.15) is 0 Å². The second-order valence-electron chi connectivity index (χ2n) is 29.0. The van der Waals surface area contributed by atoms with E-state index in [4.69, 9.17) is 57.8 Å². The summed E-state index contributed by atoms with van der Waals surface area (Å²) in [6.07, 6.45) is 0. The van der Waals surface area contributed by atoms with E-state index in [9.17, 15) is 0 Å². The van der Waals surface area contributed by atoms with Crippen molar-refractivity contribution >= 4 is 43.6 Å². The Labute approximate surface area is 668 Å². The first-order valence-corrected chi connectivity index (χ1v) is 38.0. The zero-order valence-electron chi connectivity index (χ0n) is 66.7. The molecule has 0 unspecified atom stereocenters. The SMILES string of the molecule is COc1ccc2nc(CN(C)Cc3cc(C(C#CC#CC(c4ccccc4)(c4ccc(OC)c(CN(C)Cc5ccc6cc(OC)ccc6n5)c4)c4ccc(OC)c(CN(C)Cc5ccc6cc(OC)ccc6n5)c4)(c4ccccc4)c4ccc(OC)c(CN(C)Cc5ccc6cc(OC)ccc6n5)c4)ccc3OC)ccc2c1. The van der Waals surface area contributed by atoms with Gasteiger partial charge in [0.15, 0.2) is 0 Å². The van der Waals surface area contributed by atoms with E-state index in [1.165, 1.54) is 0 Å². The van der Waals surface area contributed by atoms with Crippen LogP contribution >= 0.6 is 0 Å². The van der Waals surface area contributed by atoms with E-state index in [1.807, 2.05) is 84.9 Å². The van der Waals surface area contributed by atoms with Gasteiger partial charge in [0.1, 0.15) is 56.8 Å². The van der Waals surface area contributed by atoms with Crippen LogP contribution in [-0.4, -0.2) is 125 Å². The summed E-state index contributed by atoms with van der Waals surface area (Å²) in [6.45, 7) is 4.30. The number of aromatic nitrogens is 4. The van der Waals surface area contributed by atoms with E-state index < -0.39 is 10.8 Å². The molecule has 14 rings (SSSR count). The van der Waals surface area contributed by atoms with Gasteiger partial charge in [-0.15, -0.1) is 0 Å². The van der Waals surface area contributed by atoms with Crippen LogP contribution in [0.4, 0.5) is 0 Å². The Morgan fingerprint density at radius 3 is 0.719 bits per heavy atom. The highest BCUT2D eigenvalue weighted by Crippen LogP contribution is 2.45. The van der Waals surface area contributed by atoms with Gasteiger partial charge in [0.2, 0.25) is 0 Å². The van der Waals surface area contributed by atoms with Crippen molar-refractivity contribution in [1.29, 1.82) is 0 Å². The minimum absolute atomic E-state index is 0.512. The zero-order chi connectivity index (χ0) is 79.3. The number of fused-ring (bicyclic) bond motifs is 4. The molecule has 0 radical (unpaired) electrons. The van der Waals surface area contributed by atoms with Crippen molar-refractivity contribution in [3.63, 3.8) is 0 Å². The van der Waals surface area contributed by atoms with Crippen molar-refractivity contribution in [2.45, 2.75) is 63.2 Å². The van der Waals surface area contributed by atoms with E-state index in [-0.39, 0.29) is 0 Å². The zero-order valence-corrected chi connectivity index (χ0v) is 66.7. The molecule has 0 saturated carbocycles. The Bertz CT molecular complexity index is 5260. The molecule has 0 bridgehead atoms. The third kappa shape index (κ3) is 17.1. The van der Waals surface area contributed by atoms with Gasteiger partial charge in [0.05, 0.1) is 102 Å². The van der Waals surface area contributed by atoms with Gasteiger partial charge in [-0.25, -0.2) is 0 Å². The second kappa shape index (κ2) is 35.3. The van der Waals surface area contributed by atoms with E-state index in [1.54, 1.807) is 56.9 Å². The van der Waals surface area contributed by atoms with Crippen molar-refractivity contribution in [2.24, 2.45) is 0 Å². The lowest BCUT2D eigenvalue weighted by molar-refractivity contribution is 0.306. The summed E-state index contributed by atoms with van der Waals surface area (Å²) in [5, 5.41) is 4.03. The van der Waals surface area contributed by atoms with Gasteiger partial charge in [-0.05, 0) is 219 Å². The van der Waals surface area contributed by atoms with Gasteiger partial charge in [0.25, 0.3) is 0 Å². The number of hydrogen-bond acceptors (Lipinski definition) is 16. The second-order valence-corrected chi connectivity index (χ2v) is 29.0. The third-order valence-electron chi connectivity index (χ3n) is 21.1. The molecule has 4 aromatic heterocycles. The van der Waals surface area contributed by atoms with Gasteiger partial charge in [0, 0.05) is 96.2 Å². The van der Waals surface area contributed by atoms with E-state index in [0.29, 0.717) is 52.4 Å². The molecule has 16 nitrogen and oxygen atoms in total. The summed E-state index contributed by atoms with van der Waals surface area (Å²) in [7, 11) is 22.1. The number of pyridine rings is 4. The smallest absolute Gasteiger partial charge is 0.123 e. The third-order valence-corrected chi connectivity index (χ3v) is 21.1. The molecule has 0 atom stereocenters. The number of hydrogen-bond donors (Lipinski definition) is 0. The monoisotopic (exact) mass is 1510 g/mol. The molecule has 0 aliphatic carbocycles. The lowest BCUT2D eigenvalue weighted by Crippen LogP contribution is -2.29. The summed E-state index contributed by atoms with van der Waals surface area (Å²) in [5.74, 6) is 21.5. The average molecular weight is 1510 g/mol. The molecule has 16 heteroatoms. The maximum atomic E-state index is 6.30. The van der Waals surface area contributed by atoms with Gasteiger partial charge in [-0.1, -0.05) is 121 Å². The minimum Gasteiger partial charge on any atom is -0.497 e. The van der Waals surface area contributed by atoms with Crippen LogP contribution in [0.3, 0.4) is 0 Å². The Morgan fingerprint density at radius 1 is 0.246 bits per heavy atom. The highest BCUT2D eigenvalue weighted by molar-refractivity contribution is 5.83. The molecule has 574 valence electrons. The summed E-state index contributed by atoms with van der Waals surface area (Å²) in [5.41, 5.74) is 14.2. The molecule has 14 aromatic rings. The van der Waals surface area contributed by atoms with Gasteiger partial charge >= 0.3 is 0 Å². The largest absolute Gasteiger partial charge is 0.497 e. The first-order chi connectivity index (χ1) is 55.6. The molecule has 0 saturated heterocycles. The maximum Gasteiger partial charge on any atom is 0.123 e. The molecular weight excluding hydrogens is 1420 g/mol. The Kier molecular flexibility index (Phi) is 24.1. The predicted molar refractivity (Wildman–Crippen MR) is 454 cm³/mol. The molecule has 0 amide bonds. The quantitative estimate of drug-likeness (QED) is 0.0311. The lowest BCUT2D eigenvalue weighted by Gasteiger charge is -2.33. The highest BCUT2D eigenvalue weighted by Gasteiger charge is 2.39. The summed E-state index contributed by atoms with van der Waals surface area (Å²) < 4.78 is 47.4. The summed E-state index contributed by atoms with van der Waals surface area (Å²) in [4.78, 5) is 29.5. The molecular formula is C98H94N8O8. The number of ether oxygens (including phenoxy) is 8. The fourth-order valence-electron chi connectivity index (χ4n) is 15.5. The Hall–Kier alpha value is -12.8. The maximum absolute atomic E-state index is 6.30. The molecule has 4 heterocycles. The average Bonchev–Trinajstić information content (AvgIpc) is 0.745. The molecule has 0 N–H and O–H groups in total. The first kappa shape index (κ1) is 77.9. The van der Waals surface area contributed by atoms with Gasteiger partial charge in [-0.3, -0.25) is 39.5 Å². The van der Waals surface area contributed by atoms with E-state index >= 15 is 0 Å². The topological polar surface area (TPSA) is 138 Å². The fourth-order valence-corrected chi connectivity index (χ4v) is 15.5. The first-order valence-electron chi connectivity index (χ1n) is 38.0. The van der Waals surface area contributed by atoms with Crippen LogP contribution < -0.4 is 37.9 Å². The van der Waals surface area contributed by atoms with Crippen molar-refractivity contribution in [3.05, 3.63) is 333 Å². The van der Waals surface area contributed by atoms with Crippen molar-refractivity contribution in [2.75, 3.05) is 85.1 Å². The summed E-state index contributed by atoms with van der Waals surface area (Å²) >= 11 is 0. The van der Waals surface area contributed by atoms with E-state index in [0.717, 1.165) is 168 Å². The van der Waals surface area contributed by atoms with Crippen molar-refractivity contribution < 1.29 is 37.9 Å². The summed E-state index contributed by atoms with van der Waals surface area (Å²) in [6, 6.07) is 87.5. The predicted octanol–water partition coefficient (Wildman–Crippen LogP) is 17.9. The van der Waals surface area contributed by atoms with Crippen LogP contribution in [0.15, 0.2) is 255 Å². The minimum atomic E-state index is -1.19. The van der Waals surface area contributed by atoms with E-state index in [2.05, 4.69) is 241 Å². The lowest BCUT2D eigenvalue weighted by atomic mass is 9.68. The molecule has 0 spiro atoms. The van der Waals surface area contributed by atoms with Crippen LogP contribution in [0, 0.1) is 23.7 Å². The highest BCUT2D eigenvalue weighted by atomic mass is 16.5. The Morgan fingerprint density at radius 2 is 0.491 bits per heavy atom. The molecule has 114 heavy (non-hydrogen) atoms. The van der Waals surface area contributed by atoms with Crippen LogP contribution in [-0.2, 0) is 63.2 Å². The number of benzene rings is 10. The van der Waals surface area contributed by atoms with Crippen LogP contribution in [0.1, 0.15) is 78.4 Å². The van der Waals surface area contributed by atoms with Crippen LogP contribution in [0.5, 0.6) is 46.0 Å². The van der Waals surface area contributed by atoms with Crippen LogP contribution in [0.2, 0.25) is 0 Å². The number of methoxy groups -OCH3 is 8. The number of nitrogens with zero attached hydrogens (tertiary/aromatic N) is 8. The van der Waals surface area contributed by atoms with Crippen molar-refractivity contribution in [3.8, 4) is 69.7 Å². The van der Waals surface area contributed by atoms with Gasteiger partial charge < -0.3 is 37.9 Å². The molecule has 0 fully saturated rings. The molecule has 0 aliphatic rings. The number of rotatable bonds is 30.